The molecule has 1 saturated heterocycles. The van der Waals surface area contributed by atoms with Gasteiger partial charge < -0.3 is 20.2 Å². The van der Waals surface area contributed by atoms with Crippen LogP contribution in [0.1, 0.15) is 51.9 Å². The molecule has 0 aliphatic carbocycles. The predicted molar refractivity (Wildman–Crippen MR) is 97.2 cm³/mol. The van der Waals surface area contributed by atoms with Gasteiger partial charge in [-0.2, -0.15) is 0 Å². The van der Waals surface area contributed by atoms with Crippen molar-refractivity contribution in [3.05, 3.63) is 24.2 Å². The number of piperidine rings is 1. The second kappa shape index (κ2) is 9.08. The molecule has 0 aromatic carbocycles. The fourth-order valence-electron chi connectivity index (χ4n) is 2.99. The van der Waals surface area contributed by atoms with E-state index in [1.165, 1.54) is 19.3 Å². The van der Waals surface area contributed by atoms with Crippen LogP contribution in [0.15, 0.2) is 27.8 Å². The summed E-state index contributed by atoms with van der Waals surface area (Å²) in [4.78, 5) is 7.25. The lowest BCUT2D eigenvalue weighted by Gasteiger charge is -2.40. The molecule has 1 aliphatic rings. The number of aliphatic imine (C=N–C) groups is 1. The van der Waals surface area contributed by atoms with Gasteiger partial charge >= 0.3 is 0 Å². The van der Waals surface area contributed by atoms with Gasteiger partial charge in [-0.15, -0.1) is 0 Å². The Morgan fingerprint density at radius 3 is 2.71 bits per heavy atom. The normalized spacial score (nSPS) is 18.4. The highest BCUT2D eigenvalue weighted by Gasteiger charge is 2.27. The first-order chi connectivity index (χ1) is 11.5. The first kappa shape index (κ1) is 18.8. The average Bonchev–Trinajstić information content (AvgIpc) is 3.12. The molecule has 3 N–H and O–H groups in total. The molecule has 0 spiro atoms. The van der Waals surface area contributed by atoms with E-state index in [9.17, 15) is 5.11 Å². The summed E-state index contributed by atoms with van der Waals surface area (Å²) in [6, 6.07) is 3.55. The number of nitrogens with one attached hydrogen (secondary N) is 2. The van der Waals surface area contributed by atoms with Gasteiger partial charge in [-0.1, -0.05) is 6.42 Å². The first-order valence-electron chi connectivity index (χ1n) is 9.01. The fraction of sp³-hybridized carbons (Fsp3) is 0.722. The minimum Gasteiger partial charge on any atom is -0.467 e. The van der Waals surface area contributed by atoms with Gasteiger partial charge in [0.2, 0.25) is 0 Å². The minimum atomic E-state index is -0.682. The highest BCUT2D eigenvalue weighted by Crippen LogP contribution is 2.20. The Bertz CT molecular complexity index is 493. The predicted octanol–water partition coefficient (Wildman–Crippen LogP) is 2.13. The van der Waals surface area contributed by atoms with E-state index in [-0.39, 0.29) is 5.54 Å². The summed E-state index contributed by atoms with van der Waals surface area (Å²) >= 11 is 0. The Morgan fingerprint density at radius 1 is 1.33 bits per heavy atom. The zero-order valence-electron chi connectivity index (χ0n) is 15.2. The number of aliphatic hydroxyl groups excluding tert-OH is 1. The number of rotatable bonds is 7. The van der Waals surface area contributed by atoms with E-state index in [4.69, 9.17) is 9.41 Å². The SMILES string of the molecule is CCNC(=NCC(C)(C)N1CCCCC1)NCC(O)c1ccco1. The van der Waals surface area contributed by atoms with E-state index in [2.05, 4.69) is 29.4 Å². The van der Waals surface area contributed by atoms with Crippen molar-refractivity contribution in [3.8, 4) is 0 Å². The van der Waals surface area contributed by atoms with Crippen LogP contribution in [0, 0.1) is 0 Å². The van der Waals surface area contributed by atoms with Gasteiger partial charge in [-0.3, -0.25) is 9.89 Å². The monoisotopic (exact) mass is 336 g/mol. The maximum absolute atomic E-state index is 10.1. The minimum absolute atomic E-state index is 0.0440. The van der Waals surface area contributed by atoms with Crippen molar-refractivity contribution in [2.24, 2.45) is 4.99 Å². The second-order valence-corrected chi connectivity index (χ2v) is 6.97. The molecule has 1 atom stereocenters. The van der Waals surface area contributed by atoms with Crippen molar-refractivity contribution in [2.75, 3.05) is 32.7 Å². The van der Waals surface area contributed by atoms with Crippen LogP contribution in [-0.2, 0) is 0 Å². The lowest BCUT2D eigenvalue weighted by Crippen LogP contribution is -2.49. The molecule has 24 heavy (non-hydrogen) atoms. The molecule has 0 saturated carbocycles. The van der Waals surface area contributed by atoms with Crippen molar-refractivity contribution in [3.63, 3.8) is 0 Å². The summed E-state index contributed by atoms with van der Waals surface area (Å²) in [5.74, 6) is 1.29. The van der Waals surface area contributed by atoms with Crippen LogP contribution < -0.4 is 10.6 Å². The molecule has 1 unspecified atom stereocenters. The van der Waals surface area contributed by atoms with Crippen LogP contribution in [0.2, 0.25) is 0 Å². The van der Waals surface area contributed by atoms with E-state index in [1.54, 1.807) is 18.4 Å². The van der Waals surface area contributed by atoms with E-state index in [0.717, 1.165) is 32.1 Å². The number of likely N-dealkylation sites (tertiary alicyclic amines) is 1. The van der Waals surface area contributed by atoms with Crippen LogP contribution in [-0.4, -0.2) is 54.2 Å². The third-order valence-electron chi connectivity index (χ3n) is 4.51. The van der Waals surface area contributed by atoms with Gasteiger partial charge in [0.15, 0.2) is 5.96 Å². The van der Waals surface area contributed by atoms with Crippen LogP contribution >= 0.6 is 0 Å². The number of nitrogens with zero attached hydrogens (tertiary/aromatic N) is 2. The highest BCUT2D eigenvalue weighted by molar-refractivity contribution is 5.79. The summed E-state index contributed by atoms with van der Waals surface area (Å²) in [5, 5.41) is 16.5. The van der Waals surface area contributed by atoms with Crippen molar-refractivity contribution >= 4 is 5.96 Å². The van der Waals surface area contributed by atoms with Crippen LogP contribution in [0.25, 0.3) is 0 Å². The molecule has 0 amide bonds. The number of aliphatic hydroxyl groups is 1. The molecule has 0 radical (unpaired) electrons. The number of furan rings is 1. The molecule has 2 rings (SSSR count). The van der Waals surface area contributed by atoms with E-state index in [0.29, 0.717) is 12.3 Å². The third-order valence-corrected chi connectivity index (χ3v) is 4.51. The summed E-state index contributed by atoms with van der Waals surface area (Å²) in [6.07, 6.45) is 4.78. The molecule has 1 aromatic rings. The first-order valence-corrected chi connectivity index (χ1v) is 9.01. The number of hydrogen-bond acceptors (Lipinski definition) is 4. The smallest absolute Gasteiger partial charge is 0.191 e. The van der Waals surface area contributed by atoms with Gasteiger partial charge in [0.05, 0.1) is 19.4 Å². The third kappa shape index (κ3) is 5.53. The Kier molecular flexibility index (Phi) is 7.12. The molecule has 0 bridgehead atoms. The standard InChI is InChI=1S/C18H32N4O2/c1-4-19-17(20-13-15(23)16-9-8-12-24-16)21-14-18(2,3)22-10-6-5-7-11-22/h8-9,12,15,23H,4-7,10-11,13-14H2,1-3H3,(H2,19,20,21). The Balaban J connectivity index is 1.89. The second-order valence-electron chi connectivity index (χ2n) is 6.97. The molecule has 1 fully saturated rings. The van der Waals surface area contributed by atoms with E-state index in [1.807, 2.05) is 6.92 Å². The molecular weight excluding hydrogens is 304 g/mol. The van der Waals surface area contributed by atoms with Crippen LogP contribution in [0.5, 0.6) is 0 Å². The summed E-state index contributed by atoms with van der Waals surface area (Å²) in [6.45, 7) is 10.7. The van der Waals surface area contributed by atoms with Crippen molar-refractivity contribution in [1.82, 2.24) is 15.5 Å². The largest absolute Gasteiger partial charge is 0.467 e. The highest BCUT2D eigenvalue weighted by atomic mass is 16.4. The van der Waals surface area contributed by atoms with Crippen LogP contribution in [0.3, 0.4) is 0 Å². The Labute approximate surface area is 145 Å². The number of guanidine groups is 1. The number of hydrogen-bond donors (Lipinski definition) is 3. The van der Waals surface area contributed by atoms with Gasteiger partial charge in [0, 0.05) is 12.1 Å². The van der Waals surface area contributed by atoms with E-state index >= 15 is 0 Å². The van der Waals surface area contributed by atoms with Crippen molar-refractivity contribution in [1.29, 1.82) is 0 Å². The van der Waals surface area contributed by atoms with Gasteiger partial charge in [0.1, 0.15) is 11.9 Å². The molecule has 6 heteroatoms. The average molecular weight is 336 g/mol. The molecule has 6 nitrogen and oxygen atoms in total. The molecule has 136 valence electrons. The summed E-state index contributed by atoms with van der Waals surface area (Å²) in [5.41, 5.74) is 0.0440. The van der Waals surface area contributed by atoms with Gasteiger partial charge in [-0.25, -0.2) is 0 Å². The zero-order chi connectivity index (χ0) is 17.4. The lowest BCUT2D eigenvalue weighted by atomic mass is 9.99. The maximum atomic E-state index is 10.1. The van der Waals surface area contributed by atoms with Crippen LogP contribution in [0.4, 0.5) is 0 Å². The Hall–Kier alpha value is -1.53. The summed E-state index contributed by atoms with van der Waals surface area (Å²) < 4.78 is 5.22. The van der Waals surface area contributed by atoms with Gasteiger partial charge in [-0.05, 0) is 58.8 Å². The molecule has 1 aliphatic heterocycles. The lowest BCUT2D eigenvalue weighted by molar-refractivity contribution is 0.102. The Morgan fingerprint density at radius 2 is 2.08 bits per heavy atom. The summed E-state index contributed by atoms with van der Waals surface area (Å²) in [7, 11) is 0. The van der Waals surface area contributed by atoms with E-state index < -0.39 is 6.10 Å². The zero-order valence-corrected chi connectivity index (χ0v) is 15.2. The maximum Gasteiger partial charge on any atom is 0.191 e. The quantitative estimate of drug-likeness (QED) is 0.525. The van der Waals surface area contributed by atoms with Gasteiger partial charge in [0.25, 0.3) is 0 Å². The molecular formula is C18H32N4O2. The topological polar surface area (TPSA) is 73.0 Å². The molecule has 2 heterocycles. The molecule has 1 aromatic heterocycles. The van der Waals surface area contributed by atoms with Crippen molar-refractivity contribution in [2.45, 2.75) is 51.7 Å². The fourth-order valence-corrected chi connectivity index (χ4v) is 2.99. The van der Waals surface area contributed by atoms with Crippen molar-refractivity contribution < 1.29 is 9.52 Å².